The number of anilines is 1. The number of nitrogen functional groups attached to an aromatic ring is 1. The van der Waals surface area contributed by atoms with Gasteiger partial charge in [-0.15, -0.1) is 0 Å². The minimum Gasteiger partial charge on any atom is -0.497 e. The summed E-state index contributed by atoms with van der Waals surface area (Å²) >= 11 is 0. The number of benzene rings is 1. The molecule has 0 atom stereocenters. The zero-order chi connectivity index (χ0) is 15.4. The minimum absolute atomic E-state index is 0.0965. The zero-order valence-corrected chi connectivity index (χ0v) is 11.8. The maximum absolute atomic E-state index is 12.1. The topological polar surface area (TPSA) is 101 Å². The molecule has 0 amide bonds. The molecule has 0 aliphatic heterocycles. The number of hydrogen-bond donors (Lipinski definition) is 2. The highest BCUT2D eigenvalue weighted by Crippen LogP contribution is 2.31. The minimum atomic E-state index is -0.576. The lowest BCUT2D eigenvalue weighted by molar-refractivity contribution is 0.0527. The standard InChI is InChI=1S/C15H15N3O3/c1-3-21-15(19)12-11(8-16)14(17)18-13(12)9-4-6-10(20-2)7-5-9/h4-7,18H,3,17H2,1-2H3. The molecule has 0 aliphatic carbocycles. The van der Waals surface area contributed by atoms with Gasteiger partial charge < -0.3 is 20.2 Å². The molecule has 2 rings (SSSR count). The Kier molecular flexibility index (Phi) is 4.14. The van der Waals surface area contributed by atoms with Crippen LogP contribution in [0.5, 0.6) is 5.75 Å². The Morgan fingerprint density at radius 1 is 1.38 bits per heavy atom. The molecule has 21 heavy (non-hydrogen) atoms. The molecular formula is C15H15N3O3. The first-order chi connectivity index (χ1) is 10.1. The molecule has 0 aliphatic rings. The average Bonchev–Trinajstić information content (AvgIpc) is 2.84. The van der Waals surface area contributed by atoms with Crippen LogP contribution in [0.4, 0.5) is 5.82 Å². The third-order valence-electron chi connectivity index (χ3n) is 3.00. The van der Waals surface area contributed by atoms with Crippen molar-refractivity contribution in [1.29, 1.82) is 5.26 Å². The molecule has 0 spiro atoms. The number of hydrogen-bond acceptors (Lipinski definition) is 5. The Morgan fingerprint density at radius 3 is 2.57 bits per heavy atom. The molecule has 6 nitrogen and oxygen atoms in total. The maximum atomic E-state index is 12.1. The van der Waals surface area contributed by atoms with Crippen LogP contribution in [-0.4, -0.2) is 24.7 Å². The summed E-state index contributed by atoms with van der Waals surface area (Å²) in [6.45, 7) is 1.92. The first-order valence-electron chi connectivity index (χ1n) is 6.35. The van der Waals surface area contributed by atoms with Gasteiger partial charge in [0.1, 0.15) is 28.8 Å². The van der Waals surface area contributed by atoms with Crippen molar-refractivity contribution in [3.8, 4) is 23.1 Å². The largest absolute Gasteiger partial charge is 0.497 e. The molecule has 2 aromatic rings. The number of carbonyl (C=O) groups is 1. The lowest BCUT2D eigenvalue weighted by atomic mass is 10.0. The highest BCUT2D eigenvalue weighted by Gasteiger charge is 2.24. The van der Waals surface area contributed by atoms with E-state index in [1.54, 1.807) is 38.3 Å². The SMILES string of the molecule is CCOC(=O)c1c(-c2ccc(OC)cc2)[nH]c(N)c1C#N. The fourth-order valence-electron chi connectivity index (χ4n) is 2.02. The number of nitrogens with two attached hydrogens (primary N) is 1. The van der Waals surface area contributed by atoms with E-state index in [9.17, 15) is 10.1 Å². The number of rotatable bonds is 4. The molecule has 0 bridgehead atoms. The van der Waals surface area contributed by atoms with Crippen molar-refractivity contribution in [1.82, 2.24) is 4.98 Å². The lowest BCUT2D eigenvalue weighted by Gasteiger charge is -2.05. The van der Waals surface area contributed by atoms with E-state index in [0.29, 0.717) is 17.0 Å². The van der Waals surface area contributed by atoms with Gasteiger partial charge in [0.05, 0.1) is 19.4 Å². The van der Waals surface area contributed by atoms with Crippen LogP contribution in [0.3, 0.4) is 0 Å². The number of aromatic nitrogens is 1. The van der Waals surface area contributed by atoms with Crippen molar-refractivity contribution in [3.05, 3.63) is 35.4 Å². The summed E-state index contributed by atoms with van der Waals surface area (Å²) in [4.78, 5) is 15.0. The van der Waals surface area contributed by atoms with Crippen molar-refractivity contribution in [2.45, 2.75) is 6.92 Å². The van der Waals surface area contributed by atoms with Crippen LogP contribution in [0, 0.1) is 11.3 Å². The summed E-state index contributed by atoms with van der Waals surface area (Å²) in [5, 5.41) is 9.18. The van der Waals surface area contributed by atoms with E-state index in [1.807, 2.05) is 6.07 Å². The van der Waals surface area contributed by atoms with Gasteiger partial charge in [0.25, 0.3) is 0 Å². The van der Waals surface area contributed by atoms with Crippen molar-refractivity contribution in [2.75, 3.05) is 19.5 Å². The summed E-state index contributed by atoms with van der Waals surface area (Å²) in [6.07, 6.45) is 0. The first-order valence-corrected chi connectivity index (χ1v) is 6.35. The molecule has 0 radical (unpaired) electrons. The average molecular weight is 285 g/mol. The summed E-state index contributed by atoms with van der Waals surface area (Å²) in [6, 6.07) is 8.99. The van der Waals surface area contributed by atoms with Crippen molar-refractivity contribution in [2.24, 2.45) is 0 Å². The van der Waals surface area contributed by atoms with E-state index in [4.69, 9.17) is 15.2 Å². The van der Waals surface area contributed by atoms with E-state index < -0.39 is 5.97 Å². The van der Waals surface area contributed by atoms with Gasteiger partial charge in [-0.1, -0.05) is 0 Å². The third kappa shape index (κ3) is 2.67. The van der Waals surface area contributed by atoms with Gasteiger partial charge >= 0.3 is 5.97 Å². The second-order valence-corrected chi connectivity index (χ2v) is 4.22. The molecule has 0 unspecified atom stereocenters. The number of ether oxygens (including phenoxy) is 2. The zero-order valence-electron chi connectivity index (χ0n) is 11.8. The molecule has 0 fully saturated rings. The fraction of sp³-hybridized carbons (Fsp3) is 0.200. The van der Waals surface area contributed by atoms with Crippen LogP contribution < -0.4 is 10.5 Å². The molecule has 6 heteroatoms. The highest BCUT2D eigenvalue weighted by atomic mass is 16.5. The molecule has 1 aromatic carbocycles. The maximum Gasteiger partial charge on any atom is 0.341 e. The summed E-state index contributed by atoms with van der Waals surface area (Å²) in [5.41, 5.74) is 7.20. The van der Waals surface area contributed by atoms with Gasteiger partial charge in [0.2, 0.25) is 0 Å². The van der Waals surface area contributed by atoms with Gasteiger partial charge in [-0.3, -0.25) is 0 Å². The number of aromatic amines is 1. The molecular weight excluding hydrogens is 270 g/mol. The van der Waals surface area contributed by atoms with Crippen LogP contribution in [0.25, 0.3) is 11.3 Å². The Balaban J connectivity index is 2.57. The highest BCUT2D eigenvalue weighted by molar-refractivity contribution is 6.01. The van der Waals surface area contributed by atoms with Gasteiger partial charge in [0.15, 0.2) is 0 Å². The van der Waals surface area contributed by atoms with Crippen LogP contribution in [-0.2, 0) is 4.74 Å². The van der Waals surface area contributed by atoms with E-state index in [1.165, 1.54) is 0 Å². The molecule has 0 saturated carbocycles. The number of methoxy groups -OCH3 is 1. The number of H-pyrrole nitrogens is 1. The quantitative estimate of drug-likeness (QED) is 0.839. The lowest BCUT2D eigenvalue weighted by Crippen LogP contribution is -2.07. The van der Waals surface area contributed by atoms with E-state index in [2.05, 4.69) is 4.98 Å². The Bertz CT molecular complexity index is 696. The van der Waals surface area contributed by atoms with E-state index in [0.717, 1.165) is 0 Å². The third-order valence-corrected chi connectivity index (χ3v) is 3.00. The first kappa shape index (κ1) is 14.5. The van der Waals surface area contributed by atoms with Crippen LogP contribution in [0.15, 0.2) is 24.3 Å². The smallest absolute Gasteiger partial charge is 0.341 e. The van der Waals surface area contributed by atoms with Crippen molar-refractivity contribution >= 4 is 11.8 Å². The number of nitriles is 1. The van der Waals surface area contributed by atoms with Crippen LogP contribution in [0.1, 0.15) is 22.8 Å². The van der Waals surface area contributed by atoms with Gasteiger partial charge in [-0.05, 0) is 36.8 Å². The second-order valence-electron chi connectivity index (χ2n) is 4.22. The molecule has 108 valence electrons. The normalized spacial score (nSPS) is 9.95. The van der Waals surface area contributed by atoms with Gasteiger partial charge in [-0.25, -0.2) is 4.79 Å². The van der Waals surface area contributed by atoms with Crippen LogP contribution in [0.2, 0.25) is 0 Å². The number of esters is 1. The summed E-state index contributed by atoms with van der Waals surface area (Å²) < 4.78 is 10.1. The molecule has 3 N–H and O–H groups in total. The van der Waals surface area contributed by atoms with Crippen molar-refractivity contribution < 1.29 is 14.3 Å². The van der Waals surface area contributed by atoms with Gasteiger partial charge in [0, 0.05) is 0 Å². The van der Waals surface area contributed by atoms with Crippen LogP contribution >= 0.6 is 0 Å². The van der Waals surface area contributed by atoms with E-state index >= 15 is 0 Å². The molecule has 1 heterocycles. The van der Waals surface area contributed by atoms with Crippen molar-refractivity contribution in [3.63, 3.8) is 0 Å². The predicted molar refractivity (Wildman–Crippen MR) is 77.9 cm³/mol. The Hall–Kier alpha value is -2.94. The number of carbonyl (C=O) groups excluding carboxylic acids is 1. The monoisotopic (exact) mass is 285 g/mol. The summed E-state index contributed by atoms with van der Waals surface area (Å²) in [7, 11) is 1.57. The Labute approximate surface area is 122 Å². The molecule has 0 saturated heterocycles. The molecule has 1 aromatic heterocycles. The number of nitrogens with zero attached hydrogens (tertiary/aromatic N) is 1. The number of nitrogens with one attached hydrogen (secondary N) is 1. The van der Waals surface area contributed by atoms with Gasteiger partial charge in [-0.2, -0.15) is 5.26 Å². The fourth-order valence-corrected chi connectivity index (χ4v) is 2.02. The summed E-state index contributed by atoms with van der Waals surface area (Å²) in [5.74, 6) is 0.260. The van der Waals surface area contributed by atoms with E-state index in [-0.39, 0.29) is 23.6 Å². The second kappa shape index (κ2) is 6.01. The Morgan fingerprint density at radius 2 is 2.05 bits per heavy atom. The predicted octanol–water partition coefficient (Wildman–Crippen LogP) is 2.32.